The van der Waals surface area contributed by atoms with Gasteiger partial charge in [-0.15, -0.1) is 0 Å². The third-order valence-electron chi connectivity index (χ3n) is 3.94. The molecule has 4 aromatic rings. The molecule has 4 rings (SSSR count). The Bertz CT molecular complexity index is 1230. The summed E-state index contributed by atoms with van der Waals surface area (Å²) < 4.78 is 6.17. The van der Waals surface area contributed by atoms with Crippen LogP contribution in [0.4, 0.5) is 0 Å². The summed E-state index contributed by atoms with van der Waals surface area (Å²) in [6, 6.07) is 13.4. The predicted octanol–water partition coefficient (Wildman–Crippen LogP) is 2.85. The van der Waals surface area contributed by atoms with Gasteiger partial charge in [-0.3, -0.25) is 4.79 Å². The van der Waals surface area contributed by atoms with Crippen LogP contribution in [0.3, 0.4) is 0 Å². The highest BCUT2D eigenvalue weighted by atomic mass is 35.5. The number of carboxylic acid groups (broad SMARTS) is 1. The average Bonchev–Trinajstić information content (AvgIpc) is 3.12. The molecule has 0 spiro atoms. The van der Waals surface area contributed by atoms with E-state index in [2.05, 4.69) is 15.2 Å². The summed E-state index contributed by atoms with van der Waals surface area (Å²) in [6.07, 6.45) is 0. The van der Waals surface area contributed by atoms with E-state index in [0.29, 0.717) is 10.6 Å². The average molecular weight is 383 g/mol. The molecule has 0 aliphatic heterocycles. The zero-order chi connectivity index (χ0) is 19.0. The topological polar surface area (TPSA) is 111 Å². The summed E-state index contributed by atoms with van der Waals surface area (Å²) in [5.41, 5.74) is -0.0941. The molecular weight excluding hydrogens is 372 g/mol. The first-order valence-electron chi connectivity index (χ1n) is 7.85. The first kappa shape index (κ1) is 16.9. The van der Waals surface area contributed by atoms with Crippen molar-refractivity contribution < 1.29 is 14.4 Å². The number of hydrogen-bond acceptors (Lipinski definition) is 6. The molecule has 2 aromatic heterocycles. The Labute approximate surface area is 156 Å². The van der Waals surface area contributed by atoms with Gasteiger partial charge in [-0.2, -0.15) is 10.1 Å². The molecule has 0 amide bonds. The van der Waals surface area contributed by atoms with Crippen molar-refractivity contribution in [2.24, 2.45) is 0 Å². The summed E-state index contributed by atoms with van der Waals surface area (Å²) in [4.78, 5) is 28.4. The minimum Gasteiger partial charge on any atom is -0.476 e. The monoisotopic (exact) mass is 382 g/mol. The molecule has 0 atom stereocenters. The highest BCUT2D eigenvalue weighted by Crippen LogP contribution is 2.25. The van der Waals surface area contributed by atoms with E-state index in [4.69, 9.17) is 16.1 Å². The quantitative estimate of drug-likeness (QED) is 0.577. The van der Waals surface area contributed by atoms with Crippen molar-refractivity contribution in [2.45, 2.75) is 6.54 Å². The van der Waals surface area contributed by atoms with Crippen molar-refractivity contribution in [1.82, 2.24) is 19.9 Å². The zero-order valence-corrected chi connectivity index (χ0v) is 14.4. The van der Waals surface area contributed by atoms with Crippen molar-refractivity contribution in [3.63, 3.8) is 0 Å². The maximum atomic E-state index is 12.6. The number of carbonyl (C=O) groups is 1. The summed E-state index contributed by atoms with van der Waals surface area (Å²) >= 11 is 6.12. The van der Waals surface area contributed by atoms with Crippen LogP contribution in [0.25, 0.3) is 22.2 Å². The number of nitrogens with zero attached hydrogens (tertiary/aromatic N) is 4. The second-order valence-electron chi connectivity index (χ2n) is 5.65. The van der Waals surface area contributed by atoms with Gasteiger partial charge in [0.25, 0.3) is 5.56 Å². The first-order valence-corrected chi connectivity index (χ1v) is 8.23. The fourth-order valence-corrected chi connectivity index (χ4v) is 2.92. The van der Waals surface area contributed by atoms with Crippen LogP contribution in [0, 0.1) is 0 Å². The van der Waals surface area contributed by atoms with Crippen LogP contribution < -0.4 is 5.56 Å². The van der Waals surface area contributed by atoms with E-state index in [1.54, 1.807) is 48.5 Å². The molecule has 0 bridgehead atoms. The Morgan fingerprint density at radius 1 is 1.11 bits per heavy atom. The lowest BCUT2D eigenvalue weighted by Crippen LogP contribution is -2.26. The zero-order valence-electron chi connectivity index (χ0n) is 13.7. The maximum Gasteiger partial charge on any atom is 0.357 e. The van der Waals surface area contributed by atoms with Gasteiger partial charge in [0, 0.05) is 10.9 Å². The van der Waals surface area contributed by atoms with Crippen LogP contribution in [0.2, 0.25) is 5.02 Å². The smallest absolute Gasteiger partial charge is 0.357 e. The molecule has 0 saturated heterocycles. The molecular formula is C18H11ClN4O4. The van der Waals surface area contributed by atoms with Crippen molar-refractivity contribution in [2.75, 3.05) is 0 Å². The number of carboxylic acids is 1. The second-order valence-corrected chi connectivity index (χ2v) is 6.06. The van der Waals surface area contributed by atoms with E-state index in [-0.39, 0.29) is 34.7 Å². The van der Waals surface area contributed by atoms with Gasteiger partial charge in [0.05, 0.1) is 10.4 Å². The van der Waals surface area contributed by atoms with Crippen molar-refractivity contribution in [3.8, 4) is 11.4 Å². The predicted molar refractivity (Wildman–Crippen MR) is 96.8 cm³/mol. The molecule has 8 nitrogen and oxygen atoms in total. The Morgan fingerprint density at radius 2 is 1.81 bits per heavy atom. The van der Waals surface area contributed by atoms with Gasteiger partial charge in [-0.05, 0) is 18.2 Å². The number of rotatable bonds is 4. The summed E-state index contributed by atoms with van der Waals surface area (Å²) in [6.45, 7) is -0.165. The Morgan fingerprint density at radius 3 is 2.56 bits per heavy atom. The first-order chi connectivity index (χ1) is 13.0. The molecule has 1 N–H and O–H groups in total. The third-order valence-corrected chi connectivity index (χ3v) is 4.27. The van der Waals surface area contributed by atoms with Gasteiger partial charge in [0.1, 0.15) is 6.54 Å². The standard InChI is InChI=1S/C18H11ClN4O4/c19-13-8-4-3-7-12(13)16-20-14(27-22-16)9-23-17(24)11-6-2-1-5-10(11)15(21-23)18(25)26/h1-8H,9H2,(H,25,26). The summed E-state index contributed by atoms with van der Waals surface area (Å²) in [5.74, 6) is -0.865. The Hall–Kier alpha value is -3.52. The summed E-state index contributed by atoms with van der Waals surface area (Å²) in [5, 5.41) is 18.2. The maximum absolute atomic E-state index is 12.6. The fourth-order valence-electron chi connectivity index (χ4n) is 2.70. The Balaban J connectivity index is 1.77. The molecule has 0 radical (unpaired) electrons. The molecule has 0 aliphatic rings. The van der Waals surface area contributed by atoms with E-state index >= 15 is 0 Å². The van der Waals surface area contributed by atoms with Gasteiger partial charge in [-0.25, -0.2) is 9.48 Å². The lowest BCUT2D eigenvalue weighted by molar-refractivity contribution is 0.0690. The minimum absolute atomic E-state index is 0.103. The number of benzene rings is 2. The molecule has 0 unspecified atom stereocenters. The van der Waals surface area contributed by atoms with Crippen LogP contribution in [0.15, 0.2) is 57.8 Å². The number of fused-ring (bicyclic) bond motifs is 1. The molecule has 9 heteroatoms. The van der Waals surface area contributed by atoms with E-state index in [9.17, 15) is 14.7 Å². The molecule has 0 aliphatic carbocycles. The normalized spacial score (nSPS) is 11.0. The Kier molecular flexibility index (Phi) is 4.17. The molecule has 0 fully saturated rings. The highest BCUT2D eigenvalue weighted by molar-refractivity contribution is 6.33. The van der Waals surface area contributed by atoms with Crippen LogP contribution in [0.5, 0.6) is 0 Å². The molecule has 27 heavy (non-hydrogen) atoms. The molecule has 2 aromatic carbocycles. The highest BCUT2D eigenvalue weighted by Gasteiger charge is 2.18. The van der Waals surface area contributed by atoms with E-state index in [1.807, 2.05) is 0 Å². The molecule has 0 saturated carbocycles. The number of hydrogen-bond donors (Lipinski definition) is 1. The minimum atomic E-state index is -1.23. The number of aromatic nitrogens is 4. The molecule has 2 heterocycles. The largest absolute Gasteiger partial charge is 0.476 e. The number of halogens is 1. The SMILES string of the molecule is O=C(O)c1nn(Cc2nc(-c3ccccc3Cl)no2)c(=O)c2ccccc12. The van der Waals surface area contributed by atoms with Crippen LogP contribution in [-0.4, -0.2) is 31.0 Å². The van der Waals surface area contributed by atoms with Gasteiger partial charge in [-0.1, -0.05) is 47.1 Å². The van der Waals surface area contributed by atoms with Crippen molar-refractivity contribution in [1.29, 1.82) is 0 Å². The van der Waals surface area contributed by atoms with Crippen LogP contribution in [-0.2, 0) is 6.54 Å². The van der Waals surface area contributed by atoms with Crippen molar-refractivity contribution >= 4 is 28.3 Å². The van der Waals surface area contributed by atoms with Gasteiger partial charge < -0.3 is 9.63 Å². The lowest BCUT2D eigenvalue weighted by atomic mass is 10.1. The third kappa shape index (κ3) is 3.06. The summed E-state index contributed by atoms with van der Waals surface area (Å²) in [7, 11) is 0. The second kappa shape index (κ2) is 6.65. The van der Waals surface area contributed by atoms with Crippen LogP contribution >= 0.6 is 11.6 Å². The van der Waals surface area contributed by atoms with Crippen LogP contribution in [0.1, 0.15) is 16.4 Å². The van der Waals surface area contributed by atoms with Gasteiger partial charge in [0.15, 0.2) is 5.69 Å². The van der Waals surface area contributed by atoms with Gasteiger partial charge in [0.2, 0.25) is 11.7 Å². The molecule has 134 valence electrons. The number of aromatic carboxylic acids is 1. The van der Waals surface area contributed by atoms with E-state index in [1.165, 1.54) is 0 Å². The van der Waals surface area contributed by atoms with E-state index < -0.39 is 11.5 Å². The lowest BCUT2D eigenvalue weighted by Gasteiger charge is -2.06. The van der Waals surface area contributed by atoms with Gasteiger partial charge >= 0.3 is 5.97 Å². The van der Waals surface area contributed by atoms with Crippen molar-refractivity contribution in [3.05, 3.63) is 75.5 Å². The fraction of sp³-hybridized carbons (Fsp3) is 0.0556. The van der Waals surface area contributed by atoms with E-state index in [0.717, 1.165) is 4.68 Å².